The number of hydrogen-bond acceptors (Lipinski definition) is 3. The summed E-state index contributed by atoms with van der Waals surface area (Å²) in [5.74, 6) is 0.855. The lowest BCUT2D eigenvalue weighted by Gasteiger charge is -2.01. The molecule has 0 saturated heterocycles. The van der Waals surface area contributed by atoms with Crippen molar-refractivity contribution in [3.63, 3.8) is 0 Å². The maximum atomic E-state index is 11.8. The standard InChI is InChI=1S/C11H13NO2/c1-14-9-3-2-7-4-8(6-12)11(13)10(7)5-9/h2-3,5,8H,4,6,12H2,1H3. The van der Waals surface area contributed by atoms with E-state index in [1.807, 2.05) is 12.1 Å². The Morgan fingerprint density at radius 2 is 2.36 bits per heavy atom. The maximum absolute atomic E-state index is 11.8. The molecule has 0 amide bonds. The molecule has 1 aromatic carbocycles. The minimum absolute atomic E-state index is 0.0305. The van der Waals surface area contributed by atoms with Gasteiger partial charge in [0.1, 0.15) is 5.75 Å². The molecule has 14 heavy (non-hydrogen) atoms. The van der Waals surface area contributed by atoms with Crippen LogP contribution in [0.1, 0.15) is 15.9 Å². The summed E-state index contributed by atoms with van der Waals surface area (Å²) in [5.41, 5.74) is 7.39. The third-order valence-corrected chi connectivity index (χ3v) is 2.70. The van der Waals surface area contributed by atoms with Crippen LogP contribution in [0.15, 0.2) is 18.2 Å². The molecule has 0 aliphatic heterocycles. The molecule has 1 unspecified atom stereocenters. The summed E-state index contributed by atoms with van der Waals surface area (Å²) < 4.78 is 5.07. The number of benzene rings is 1. The molecule has 0 spiro atoms. The number of methoxy groups -OCH3 is 1. The van der Waals surface area contributed by atoms with Gasteiger partial charge in [0.25, 0.3) is 0 Å². The molecule has 1 atom stereocenters. The lowest BCUT2D eigenvalue weighted by molar-refractivity contribution is 0.0941. The first-order chi connectivity index (χ1) is 6.76. The van der Waals surface area contributed by atoms with Crippen LogP contribution >= 0.6 is 0 Å². The van der Waals surface area contributed by atoms with Gasteiger partial charge in [0, 0.05) is 18.0 Å². The van der Waals surface area contributed by atoms with Crippen molar-refractivity contribution < 1.29 is 9.53 Å². The molecule has 1 aromatic rings. The van der Waals surface area contributed by atoms with E-state index in [9.17, 15) is 4.79 Å². The topological polar surface area (TPSA) is 52.3 Å². The van der Waals surface area contributed by atoms with Crippen LogP contribution in [0.25, 0.3) is 0 Å². The second-order valence-corrected chi connectivity index (χ2v) is 3.52. The number of ketones is 1. The SMILES string of the molecule is COc1ccc2c(c1)C(=O)C(CN)C2. The molecule has 3 nitrogen and oxygen atoms in total. The molecular formula is C11H13NO2. The molecule has 0 saturated carbocycles. The number of carbonyl (C=O) groups excluding carboxylic acids is 1. The lowest BCUT2D eigenvalue weighted by Crippen LogP contribution is -2.19. The zero-order valence-corrected chi connectivity index (χ0v) is 8.12. The molecule has 74 valence electrons. The fourth-order valence-electron chi connectivity index (χ4n) is 1.86. The predicted molar refractivity (Wildman–Crippen MR) is 53.6 cm³/mol. The van der Waals surface area contributed by atoms with Crippen LogP contribution in [0.4, 0.5) is 0 Å². The Labute approximate surface area is 82.9 Å². The van der Waals surface area contributed by atoms with Gasteiger partial charge in [-0.25, -0.2) is 0 Å². The molecule has 3 heteroatoms. The first-order valence-corrected chi connectivity index (χ1v) is 4.67. The molecule has 0 fully saturated rings. The van der Waals surface area contributed by atoms with E-state index in [4.69, 9.17) is 10.5 Å². The molecule has 1 aliphatic rings. The Kier molecular flexibility index (Phi) is 2.25. The van der Waals surface area contributed by atoms with Gasteiger partial charge < -0.3 is 10.5 Å². The normalized spacial score (nSPS) is 19.6. The van der Waals surface area contributed by atoms with E-state index in [1.54, 1.807) is 13.2 Å². The van der Waals surface area contributed by atoms with Crippen molar-refractivity contribution in [2.24, 2.45) is 11.7 Å². The number of ether oxygens (including phenoxy) is 1. The van der Waals surface area contributed by atoms with Gasteiger partial charge in [0.15, 0.2) is 5.78 Å². The number of hydrogen-bond donors (Lipinski definition) is 1. The highest BCUT2D eigenvalue weighted by molar-refractivity contribution is 6.02. The molecule has 2 rings (SSSR count). The van der Waals surface area contributed by atoms with E-state index in [0.717, 1.165) is 23.3 Å². The second-order valence-electron chi connectivity index (χ2n) is 3.52. The van der Waals surface area contributed by atoms with E-state index in [1.165, 1.54) is 0 Å². The van der Waals surface area contributed by atoms with E-state index in [2.05, 4.69) is 0 Å². The molecule has 0 radical (unpaired) electrons. The van der Waals surface area contributed by atoms with Gasteiger partial charge in [-0.05, 0) is 24.1 Å². The maximum Gasteiger partial charge on any atom is 0.167 e. The van der Waals surface area contributed by atoms with Gasteiger partial charge in [-0.15, -0.1) is 0 Å². The second kappa shape index (κ2) is 3.42. The highest BCUT2D eigenvalue weighted by atomic mass is 16.5. The summed E-state index contributed by atoms with van der Waals surface area (Å²) in [5, 5.41) is 0. The van der Waals surface area contributed by atoms with Crippen molar-refractivity contribution >= 4 is 5.78 Å². The molecule has 0 bridgehead atoms. The van der Waals surface area contributed by atoms with Crippen LogP contribution in [-0.4, -0.2) is 19.4 Å². The number of nitrogens with two attached hydrogens (primary N) is 1. The zero-order chi connectivity index (χ0) is 10.1. The van der Waals surface area contributed by atoms with Gasteiger partial charge >= 0.3 is 0 Å². The van der Waals surface area contributed by atoms with Crippen LogP contribution in [0.3, 0.4) is 0 Å². The Morgan fingerprint density at radius 3 is 3.00 bits per heavy atom. The Hall–Kier alpha value is -1.35. The third kappa shape index (κ3) is 1.30. The average molecular weight is 191 g/mol. The zero-order valence-electron chi connectivity index (χ0n) is 8.12. The molecule has 0 heterocycles. The Morgan fingerprint density at radius 1 is 1.57 bits per heavy atom. The summed E-state index contributed by atoms with van der Waals surface area (Å²) in [7, 11) is 1.60. The van der Waals surface area contributed by atoms with Gasteiger partial charge in [-0.2, -0.15) is 0 Å². The summed E-state index contributed by atoms with van der Waals surface area (Å²) in [6.07, 6.45) is 0.772. The predicted octanol–water partition coefficient (Wildman–Crippen LogP) is 1.01. The number of rotatable bonds is 2. The molecular weight excluding hydrogens is 178 g/mol. The first-order valence-electron chi connectivity index (χ1n) is 4.67. The Bertz CT molecular complexity index is 374. The van der Waals surface area contributed by atoms with Gasteiger partial charge in [-0.1, -0.05) is 6.07 Å². The van der Waals surface area contributed by atoms with Crippen LogP contribution in [0.5, 0.6) is 5.75 Å². The molecule has 0 aromatic heterocycles. The minimum atomic E-state index is -0.0305. The van der Waals surface area contributed by atoms with Gasteiger partial charge in [0.2, 0.25) is 0 Å². The number of Topliss-reactive ketones (excluding diaryl/α,β-unsaturated/α-hetero) is 1. The molecule has 2 N–H and O–H groups in total. The smallest absolute Gasteiger partial charge is 0.167 e. The van der Waals surface area contributed by atoms with Crippen molar-refractivity contribution in [2.45, 2.75) is 6.42 Å². The summed E-state index contributed by atoms with van der Waals surface area (Å²) in [6.45, 7) is 0.426. The number of fused-ring (bicyclic) bond motifs is 1. The van der Waals surface area contributed by atoms with E-state index in [-0.39, 0.29) is 11.7 Å². The van der Waals surface area contributed by atoms with E-state index >= 15 is 0 Å². The minimum Gasteiger partial charge on any atom is -0.497 e. The van der Waals surface area contributed by atoms with Gasteiger partial charge in [0.05, 0.1) is 7.11 Å². The highest BCUT2D eigenvalue weighted by Crippen LogP contribution is 2.29. The van der Waals surface area contributed by atoms with Crippen molar-refractivity contribution in [1.29, 1.82) is 0 Å². The Balaban J connectivity index is 2.40. The fraction of sp³-hybridized carbons (Fsp3) is 0.364. The van der Waals surface area contributed by atoms with Crippen molar-refractivity contribution in [2.75, 3.05) is 13.7 Å². The van der Waals surface area contributed by atoms with Gasteiger partial charge in [-0.3, -0.25) is 4.79 Å². The van der Waals surface area contributed by atoms with Crippen LogP contribution in [0.2, 0.25) is 0 Å². The van der Waals surface area contributed by atoms with Crippen LogP contribution in [0, 0.1) is 5.92 Å². The van der Waals surface area contributed by atoms with E-state index in [0.29, 0.717) is 6.54 Å². The average Bonchev–Trinajstić information content (AvgIpc) is 2.55. The van der Waals surface area contributed by atoms with Crippen molar-refractivity contribution in [1.82, 2.24) is 0 Å². The largest absolute Gasteiger partial charge is 0.497 e. The fourth-order valence-corrected chi connectivity index (χ4v) is 1.86. The summed E-state index contributed by atoms with van der Waals surface area (Å²) in [6, 6.07) is 5.63. The highest BCUT2D eigenvalue weighted by Gasteiger charge is 2.29. The van der Waals surface area contributed by atoms with Crippen molar-refractivity contribution in [3.8, 4) is 5.75 Å². The van der Waals surface area contributed by atoms with Crippen molar-refractivity contribution in [3.05, 3.63) is 29.3 Å². The van der Waals surface area contributed by atoms with Crippen LogP contribution in [-0.2, 0) is 6.42 Å². The summed E-state index contributed by atoms with van der Waals surface area (Å²) >= 11 is 0. The quantitative estimate of drug-likeness (QED) is 0.759. The third-order valence-electron chi connectivity index (χ3n) is 2.70. The first kappa shape index (κ1) is 9.21. The number of carbonyl (C=O) groups is 1. The molecule has 1 aliphatic carbocycles. The summed E-state index contributed by atoms with van der Waals surface area (Å²) in [4.78, 5) is 11.8. The van der Waals surface area contributed by atoms with Crippen LogP contribution < -0.4 is 10.5 Å². The lowest BCUT2D eigenvalue weighted by atomic mass is 10.1. The monoisotopic (exact) mass is 191 g/mol. The van der Waals surface area contributed by atoms with E-state index < -0.39 is 0 Å².